The normalized spacial score (nSPS) is 12.4. The van der Waals surface area contributed by atoms with Gasteiger partial charge in [0, 0.05) is 19.3 Å². The van der Waals surface area contributed by atoms with Crippen LogP contribution in [0, 0.1) is 5.92 Å². The van der Waals surface area contributed by atoms with Crippen molar-refractivity contribution in [2.75, 3.05) is 12.4 Å². The molecule has 190 valence electrons. The van der Waals surface area contributed by atoms with Crippen LogP contribution in [0.2, 0.25) is 0 Å². The summed E-state index contributed by atoms with van der Waals surface area (Å²) in [6.07, 6.45) is 0.998. The second-order valence-electron chi connectivity index (χ2n) is 9.28. The second-order valence-corrected chi connectivity index (χ2v) is 11.7. The molecule has 0 heterocycles. The molecule has 1 atom stereocenters. The Bertz CT molecular complexity index is 1270. The zero-order valence-electron chi connectivity index (χ0n) is 21.1. The third-order valence-electron chi connectivity index (χ3n) is 5.82. The summed E-state index contributed by atoms with van der Waals surface area (Å²) in [5, 5.41) is 5.82. The van der Waals surface area contributed by atoms with E-state index in [1.165, 1.54) is 22.0 Å². The Morgan fingerprint density at radius 3 is 2.08 bits per heavy atom. The first-order valence-corrected chi connectivity index (χ1v) is 13.7. The van der Waals surface area contributed by atoms with Crippen LogP contribution in [0.4, 0.5) is 5.69 Å². The molecule has 8 heteroatoms. The van der Waals surface area contributed by atoms with Crippen molar-refractivity contribution in [3.63, 3.8) is 0 Å². The number of nitrogens with zero attached hydrogens (tertiary/aromatic N) is 1. The number of hydrogen-bond acceptors (Lipinski definition) is 4. The molecule has 6 nitrogen and oxygen atoms in total. The van der Waals surface area contributed by atoms with E-state index >= 15 is 0 Å². The Hall–Kier alpha value is -3.07. The zero-order chi connectivity index (χ0) is 26.3. The van der Waals surface area contributed by atoms with E-state index in [-0.39, 0.29) is 28.4 Å². The first-order chi connectivity index (χ1) is 17.1. The van der Waals surface area contributed by atoms with Crippen molar-refractivity contribution in [3.05, 3.63) is 95.6 Å². The maximum atomic E-state index is 12.9. The molecule has 0 bridgehead atoms. The van der Waals surface area contributed by atoms with Crippen LogP contribution >= 0.6 is 12.2 Å². The number of carbonyl (C=O) groups is 1. The summed E-state index contributed by atoms with van der Waals surface area (Å²) in [6.45, 7) is 6.46. The summed E-state index contributed by atoms with van der Waals surface area (Å²) in [4.78, 5) is 12.9. The molecular formula is C28H33N3O3S2. The van der Waals surface area contributed by atoms with Gasteiger partial charge in [0.25, 0.3) is 0 Å². The molecule has 36 heavy (non-hydrogen) atoms. The Morgan fingerprint density at radius 2 is 1.50 bits per heavy atom. The number of carbonyl (C=O) groups excluding carboxylic acids is 1. The maximum absolute atomic E-state index is 12.9. The maximum Gasteiger partial charge on any atom is 0.243 e. The topological polar surface area (TPSA) is 78.5 Å². The first kappa shape index (κ1) is 27.5. The van der Waals surface area contributed by atoms with Gasteiger partial charge in [-0.3, -0.25) is 4.79 Å². The van der Waals surface area contributed by atoms with Crippen LogP contribution in [-0.4, -0.2) is 30.8 Å². The molecule has 0 fully saturated rings. The fourth-order valence-electron chi connectivity index (χ4n) is 3.76. The van der Waals surface area contributed by atoms with Gasteiger partial charge in [0.15, 0.2) is 5.11 Å². The highest BCUT2D eigenvalue weighted by Crippen LogP contribution is 2.20. The fourth-order valence-corrected chi connectivity index (χ4v) is 5.14. The molecule has 3 aromatic rings. The standard InChI is InChI=1S/C28H33N3O3S2/c1-20(2)18-22-10-12-24(13-11-22)21(3)27(32)30-28(35)29-25-14-16-26(17-15-25)36(33,34)31(4)19-23-8-6-5-7-9-23/h5-17,20-21H,18-19H2,1-4H3,(H2,29,30,32,35). The highest BCUT2D eigenvalue weighted by molar-refractivity contribution is 7.89. The molecule has 3 rings (SSSR count). The van der Waals surface area contributed by atoms with Gasteiger partial charge in [-0.1, -0.05) is 68.4 Å². The van der Waals surface area contributed by atoms with Crippen molar-refractivity contribution in [2.45, 2.75) is 44.6 Å². The Morgan fingerprint density at radius 1 is 0.889 bits per heavy atom. The van der Waals surface area contributed by atoms with Crippen LogP contribution in [0.3, 0.4) is 0 Å². The van der Waals surface area contributed by atoms with E-state index in [0.717, 1.165) is 17.5 Å². The van der Waals surface area contributed by atoms with Crippen LogP contribution in [0.5, 0.6) is 0 Å². The molecule has 0 saturated carbocycles. The molecule has 0 spiro atoms. The Balaban J connectivity index is 1.57. The van der Waals surface area contributed by atoms with Crippen molar-refractivity contribution in [2.24, 2.45) is 5.92 Å². The predicted molar refractivity (Wildman–Crippen MR) is 149 cm³/mol. The van der Waals surface area contributed by atoms with Crippen molar-refractivity contribution >= 4 is 38.9 Å². The number of hydrogen-bond donors (Lipinski definition) is 2. The zero-order valence-corrected chi connectivity index (χ0v) is 22.7. The molecule has 3 aromatic carbocycles. The number of nitrogens with one attached hydrogen (secondary N) is 2. The van der Waals surface area contributed by atoms with Crippen LogP contribution in [-0.2, 0) is 27.8 Å². The second kappa shape index (κ2) is 12.3. The first-order valence-electron chi connectivity index (χ1n) is 11.9. The van der Waals surface area contributed by atoms with Gasteiger partial charge in [-0.25, -0.2) is 8.42 Å². The Labute approximate surface area is 219 Å². The van der Waals surface area contributed by atoms with Gasteiger partial charge >= 0.3 is 0 Å². The lowest BCUT2D eigenvalue weighted by molar-refractivity contribution is -0.120. The predicted octanol–water partition coefficient (Wildman–Crippen LogP) is 5.32. The fraction of sp³-hybridized carbons (Fsp3) is 0.286. The summed E-state index contributed by atoms with van der Waals surface area (Å²) in [6, 6.07) is 23.8. The minimum absolute atomic E-state index is 0.153. The lowest BCUT2D eigenvalue weighted by Gasteiger charge is -2.18. The summed E-state index contributed by atoms with van der Waals surface area (Å²) in [5.41, 5.74) is 3.64. The monoisotopic (exact) mass is 523 g/mol. The van der Waals surface area contributed by atoms with E-state index in [1.54, 1.807) is 19.2 Å². The average Bonchev–Trinajstić information content (AvgIpc) is 2.84. The van der Waals surface area contributed by atoms with E-state index in [0.29, 0.717) is 11.6 Å². The molecule has 0 aromatic heterocycles. The summed E-state index contributed by atoms with van der Waals surface area (Å²) >= 11 is 5.30. The molecule has 0 radical (unpaired) electrons. The lowest BCUT2D eigenvalue weighted by atomic mass is 9.96. The molecule has 0 aliphatic rings. The Kier molecular flexibility index (Phi) is 9.37. The molecule has 1 unspecified atom stereocenters. The number of amides is 1. The number of thiocarbonyl (C=S) groups is 1. The molecule has 0 aliphatic heterocycles. The lowest BCUT2D eigenvalue weighted by Crippen LogP contribution is -2.36. The third kappa shape index (κ3) is 7.46. The van der Waals surface area contributed by atoms with Gasteiger partial charge in [0.2, 0.25) is 15.9 Å². The van der Waals surface area contributed by atoms with Crippen molar-refractivity contribution in [1.82, 2.24) is 9.62 Å². The minimum atomic E-state index is -3.65. The van der Waals surface area contributed by atoms with Gasteiger partial charge in [-0.2, -0.15) is 4.31 Å². The molecule has 0 saturated heterocycles. The molecule has 0 aliphatic carbocycles. The molecular weight excluding hydrogens is 490 g/mol. The van der Waals surface area contributed by atoms with Crippen molar-refractivity contribution < 1.29 is 13.2 Å². The van der Waals surface area contributed by atoms with Crippen LogP contribution in [0.25, 0.3) is 0 Å². The average molecular weight is 524 g/mol. The van der Waals surface area contributed by atoms with Crippen LogP contribution < -0.4 is 10.6 Å². The van der Waals surface area contributed by atoms with Crippen molar-refractivity contribution in [1.29, 1.82) is 0 Å². The SMILES string of the molecule is CC(C)Cc1ccc(C(C)C(=O)NC(=S)Nc2ccc(S(=O)(=O)N(C)Cc3ccccc3)cc2)cc1. The minimum Gasteiger partial charge on any atom is -0.332 e. The third-order valence-corrected chi connectivity index (χ3v) is 7.84. The number of anilines is 1. The van der Waals surface area contributed by atoms with E-state index in [9.17, 15) is 13.2 Å². The van der Waals surface area contributed by atoms with Crippen molar-refractivity contribution in [3.8, 4) is 0 Å². The largest absolute Gasteiger partial charge is 0.332 e. The van der Waals surface area contributed by atoms with Gasteiger partial charge in [-0.15, -0.1) is 0 Å². The van der Waals surface area contributed by atoms with E-state index < -0.39 is 10.0 Å². The van der Waals surface area contributed by atoms with E-state index in [2.05, 4.69) is 36.6 Å². The van der Waals surface area contributed by atoms with E-state index in [1.807, 2.05) is 49.4 Å². The van der Waals surface area contributed by atoms with Gasteiger partial charge in [-0.05, 0) is 72.4 Å². The number of sulfonamides is 1. The summed E-state index contributed by atoms with van der Waals surface area (Å²) in [5.74, 6) is -0.0132. The summed E-state index contributed by atoms with van der Waals surface area (Å²) in [7, 11) is -2.10. The van der Waals surface area contributed by atoms with E-state index in [4.69, 9.17) is 12.2 Å². The van der Waals surface area contributed by atoms with Crippen LogP contribution in [0.1, 0.15) is 43.4 Å². The van der Waals surface area contributed by atoms with Gasteiger partial charge < -0.3 is 10.6 Å². The highest BCUT2D eigenvalue weighted by Gasteiger charge is 2.21. The number of rotatable bonds is 9. The van der Waals surface area contributed by atoms with Gasteiger partial charge in [0.1, 0.15) is 0 Å². The molecule has 1 amide bonds. The van der Waals surface area contributed by atoms with Gasteiger partial charge in [0.05, 0.1) is 10.8 Å². The summed E-state index contributed by atoms with van der Waals surface area (Å²) < 4.78 is 27.2. The molecule has 2 N–H and O–H groups in total. The smallest absolute Gasteiger partial charge is 0.243 e. The van der Waals surface area contributed by atoms with Crippen LogP contribution in [0.15, 0.2) is 83.8 Å². The quantitative estimate of drug-likeness (QED) is 0.371. The number of benzene rings is 3. The highest BCUT2D eigenvalue weighted by atomic mass is 32.2.